The van der Waals surface area contributed by atoms with Gasteiger partial charge >= 0.3 is 0 Å². The van der Waals surface area contributed by atoms with Crippen LogP contribution in [0.2, 0.25) is 0 Å². The molecule has 0 spiro atoms. The van der Waals surface area contributed by atoms with Gasteiger partial charge in [0.15, 0.2) is 15.0 Å². The van der Waals surface area contributed by atoms with Crippen molar-refractivity contribution in [2.45, 2.75) is 30.4 Å². The number of thiazole rings is 1. The summed E-state index contributed by atoms with van der Waals surface area (Å²) in [5.74, 6) is 1.15. The van der Waals surface area contributed by atoms with Crippen molar-refractivity contribution in [3.8, 4) is 11.5 Å². The number of hydrogen-bond donors (Lipinski definition) is 0. The highest BCUT2D eigenvalue weighted by atomic mass is 32.2. The second kappa shape index (κ2) is 10.7. The molecule has 0 aliphatic heterocycles. The lowest BCUT2D eigenvalue weighted by Crippen LogP contribution is -2.37. The number of fused-ring (bicyclic) bond motifs is 1. The fourth-order valence-corrected chi connectivity index (χ4v) is 5.53. The molecule has 0 bridgehead atoms. The number of rotatable bonds is 10. The second-order valence-electron chi connectivity index (χ2n) is 8.41. The molecule has 1 aromatic heterocycles. The monoisotopic (exact) mass is 505 g/mol. The van der Waals surface area contributed by atoms with Crippen molar-refractivity contribution < 1.29 is 22.7 Å². The van der Waals surface area contributed by atoms with Crippen LogP contribution in [0.5, 0.6) is 11.5 Å². The van der Waals surface area contributed by atoms with Gasteiger partial charge in [0, 0.05) is 13.1 Å². The molecule has 0 aliphatic carbocycles. The van der Waals surface area contributed by atoms with E-state index in [-0.39, 0.29) is 17.2 Å². The Morgan fingerprint density at radius 3 is 2.18 bits per heavy atom. The van der Waals surface area contributed by atoms with E-state index in [1.165, 1.54) is 11.3 Å². The van der Waals surface area contributed by atoms with E-state index in [1.807, 2.05) is 25.1 Å². The number of ether oxygens (including phenoxy) is 2. The van der Waals surface area contributed by atoms with E-state index < -0.39 is 15.1 Å². The Balaban J connectivity index is 1.93. The molecule has 2 aromatic carbocycles. The topological polar surface area (TPSA) is 89.0 Å². The number of methoxy groups -OCH3 is 2. The van der Waals surface area contributed by atoms with Gasteiger partial charge in [-0.2, -0.15) is 0 Å². The molecule has 0 fully saturated rings. The highest BCUT2D eigenvalue weighted by molar-refractivity contribution is 7.92. The standard InChI is InChI=1S/C24H31N3O5S2/c1-16(2)34(29,30)18-9-7-17(8-10-18)15-21(28)27(14-13-26(3)4)24-25-22-19(31-5)11-12-20(32-6)23(22)33-24/h7-12,16H,13-15H2,1-6H3. The lowest BCUT2D eigenvalue weighted by atomic mass is 10.1. The van der Waals surface area contributed by atoms with Crippen LogP contribution in [0.25, 0.3) is 10.2 Å². The normalized spacial score (nSPS) is 11.9. The molecule has 8 nitrogen and oxygen atoms in total. The van der Waals surface area contributed by atoms with E-state index in [9.17, 15) is 13.2 Å². The number of amides is 1. The first kappa shape index (κ1) is 25.9. The largest absolute Gasteiger partial charge is 0.495 e. The fourth-order valence-electron chi connectivity index (χ4n) is 3.36. The average molecular weight is 506 g/mol. The van der Waals surface area contributed by atoms with Gasteiger partial charge < -0.3 is 14.4 Å². The highest BCUT2D eigenvalue weighted by Crippen LogP contribution is 2.40. The number of carbonyl (C=O) groups is 1. The van der Waals surface area contributed by atoms with Gasteiger partial charge in [-0.3, -0.25) is 9.69 Å². The molecule has 0 N–H and O–H groups in total. The first-order chi connectivity index (χ1) is 16.1. The molecule has 0 radical (unpaired) electrons. The number of aromatic nitrogens is 1. The third-order valence-electron chi connectivity index (χ3n) is 5.43. The van der Waals surface area contributed by atoms with Gasteiger partial charge in [-0.05, 0) is 57.8 Å². The zero-order chi connectivity index (χ0) is 25.0. The molecular formula is C24H31N3O5S2. The fraction of sp³-hybridized carbons (Fsp3) is 0.417. The number of benzene rings is 2. The molecule has 1 heterocycles. The van der Waals surface area contributed by atoms with E-state index >= 15 is 0 Å². The Morgan fingerprint density at radius 1 is 1.00 bits per heavy atom. The third-order valence-corrected chi connectivity index (χ3v) is 8.69. The van der Waals surface area contributed by atoms with Crippen molar-refractivity contribution in [3.63, 3.8) is 0 Å². The molecule has 1 amide bonds. The maximum Gasteiger partial charge on any atom is 0.233 e. The van der Waals surface area contributed by atoms with Crippen LogP contribution in [0.1, 0.15) is 19.4 Å². The van der Waals surface area contributed by atoms with E-state index in [2.05, 4.69) is 0 Å². The van der Waals surface area contributed by atoms with Crippen molar-refractivity contribution >= 4 is 42.4 Å². The van der Waals surface area contributed by atoms with E-state index in [1.54, 1.807) is 63.3 Å². The van der Waals surface area contributed by atoms with E-state index in [4.69, 9.17) is 14.5 Å². The van der Waals surface area contributed by atoms with Gasteiger partial charge in [0.05, 0.1) is 30.8 Å². The van der Waals surface area contributed by atoms with Crippen molar-refractivity contribution in [3.05, 3.63) is 42.0 Å². The van der Waals surface area contributed by atoms with Crippen LogP contribution in [0, 0.1) is 0 Å². The Morgan fingerprint density at radius 2 is 1.62 bits per heavy atom. The van der Waals surface area contributed by atoms with Crippen LogP contribution in [0.4, 0.5) is 5.13 Å². The predicted octanol–water partition coefficient (Wildman–Crippen LogP) is 3.63. The lowest BCUT2D eigenvalue weighted by Gasteiger charge is -2.22. The number of nitrogens with zero attached hydrogens (tertiary/aromatic N) is 3. The Bertz CT molecular complexity index is 1210. The van der Waals surface area contributed by atoms with Crippen LogP contribution in [0.3, 0.4) is 0 Å². The summed E-state index contributed by atoms with van der Waals surface area (Å²) in [4.78, 5) is 22.0. The summed E-state index contributed by atoms with van der Waals surface area (Å²) >= 11 is 1.38. The van der Waals surface area contributed by atoms with E-state index in [0.717, 1.165) is 10.3 Å². The summed E-state index contributed by atoms with van der Waals surface area (Å²) in [5.41, 5.74) is 1.38. The molecule has 3 rings (SSSR count). The number of hydrogen-bond acceptors (Lipinski definition) is 8. The zero-order valence-electron chi connectivity index (χ0n) is 20.4. The molecule has 184 valence electrons. The first-order valence-corrected chi connectivity index (χ1v) is 13.2. The maximum atomic E-state index is 13.4. The Hall–Kier alpha value is -2.69. The highest BCUT2D eigenvalue weighted by Gasteiger charge is 2.24. The first-order valence-electron chi connectivity index (χ1n) is 10.9. The van der Waals surface area contributed by atoms with E-state index in [0.29, 0.717) is 35.2 Å². The van der Waals surface area contributed by atoms with Crippen LogP contribution in [-0.2, 0) is 21.1 Å². The minimum Gasteiger partial charge on any atom is -0.495 e. The summed E-state index contributed by atoms with van der Waals surface area (Å²) in [6, 6.07) is 10.1. The third kappa shape index (κ3) is 5.51. The molecule has 34 heavy (non-hydrogen) atoms. The number of sulfone groups is 1. The van der Waals surface area contributed by atoms with Gasteiger partial charge in [0.2, 0.25) is 5.91 Å². The van der Waals surface area contributed by atoms with Crippen molar-refractivity contribution in [2.24, 2.45) is 0 Å². The SMILES string of the molecule is COc1ccc(OC)c2sc(N(CCN(C)C)C(=O)Cc3ccc(S(=O)(=O)C(C)C)cc3)nc12. The van der Waals surface area contributed by atoms with Gasteiger partial charge in [0.1, 0.15) is 21.7 Å². The Labute approximate surface area is 205 Å². The smallest absolute Gasteiger partial charge is 0.233 e. The maximum absolute atomic E-state index is 13.4. The van der Waals surface area contributed by atoms with Gasteiger partial charge in [-0.15, -0.1) is 0 Å². The number of likely N-dealkylation sites (N-methyl/N-ethyl adjacent to an activating group) is 1. The minimum absolute atomic E-state index is 0.125. The zero-order valence-corrected chi connectivity index (χ0v) is 22.0. The van der Waals surface area contributed by atoms with Crippen LogP contribution >= 0.6 is 11.3 Å². The molecule has 0 unspecified atom stereocenters. The number of anilines is 1. The van der Waals surface area contributed by atoms with Gasteiger partial charge in [-0.25, -0.2) is 13.4 Å². The summed E-state index contributed by atoms with van der Waals surface area (Å²) in [7, 11) is 3.71. The molecular weight excluding hydrogens is 474 g/mol. The molecule has 10 heteroatoms. The minimum atomic E-state index is -3.36. The summed E-state index contributed by atoms with van der Waals surface area (Å²) in [6.07, 6.45) is 0.125. The lowest BCUT2D eigenvalue weighted by molar-refractivity contribution is -0.118. The summed E-state index contributed by atoms with van der Waals surface area (Å²) in [5, 5.41) is 0.0539. The van der Waals surface area contributed by atoms with Crippen LogP contribution in [-0.4, -0.2) is 70.9 Å². The summed E-state index contributed by atoms with van der Waals surface area (Å²) in [6.45, 7) is 4.41. The van der Waals surface area contributed by atoms with Gasteiger partial charge in [0.25, 0.3) is 0 Å². The van der Waals surface area contributed by atoms with Crippen molar-refractivity contribution in [2.75, 3.05) is 46.3 Å². The average Bonchev–Trinajstić information content (AvgIpc) is 3.23. The molecule has 0 aliphatic rings. The molecule has 0 saturated heterocycles. The van der Waals surface area contributed by atoms with Crippen LogP contribution < -0.4 is 14.4 Å². The Kier molecular flexibility index (Phi) is 8.17. The molecule has 3 aromatic rings. The van der Waals surface area contributed by atoms with Gasteiger partial charge in [-0.1, -0.05) is 23.5 Å². The number of carbonyl (C=O) groups excluding carboxylic acids is 1. The predicted molar refractivity (Wildman–Crippen MR) is 136 cm³/mol. The quantitative estimate of drug-likeness (QED) is 0.416. The summed E-state index contributed by atoms with van der Waals surface area (Å²) < 4.78 is 36.5. The second-order valence-corrected chi connectivity index (χ2v) is 11.9. The molecule has 0 saturated carbocycles. The van der Waals surface area contributed by atoms with Crippen LogP contribution in [0.15, 0.2) is 41.3 Å². The molecule has 0 atom stereocenters. The van der Waals surface area contributed by atoms with Crippen molar-refractivity contribution in [1.29, 1.82) is 0 Å². The van der Waals surface area contributed by atoms with Crippen molar-refractivity contribution in [1.82, 2.24) is 9.88 Å².